The van der Waals surface area contributed by atoms with Gasteiger partial charge in [0, 0.05) is 17.6 Å². The lowest BCUT2D eigenvalue weighted by Gasteiger charge is -2.29. The standard InChI is InChI=1S/C22H22O4/c1-5-16-10-7-8-11-18(16)14-22(20(23)25-3,21(24)26-4)15-19-13-9-12-17(19)6-2/h1-2,7-8,10-11H,9,12-15H2,3-4H3. The Morgan fingerprint density at radius 2 is 1.69 bits per heavy atom. The van der Waals surface area contributed by atoms with Gasteiger partial charge >= 0.3 is 11.9 Å². The normalized spacial score (nSPS) is 13.7. The molecule has 1 aliphatic carbocycles. The van der Waals surface area contributed by atoms with E-state index in [2.05, 4.69) is 11.8 Å². The van der Waals surface area contributed by atoms with Gasteiger partial charge in [-0.25, -0.2) is 0 Å². The second-order valence-electron chi connectivity index (χ2n) is 6.30. The van der Waals surface area contributed by atoms with Crippen molar-refractivity contribution in [3.8, 4) is 24.7 Å². The molecule has 134 valence electrons. The molecule has 0 N–H and O–H groups in total. The van der Waals surface area contributed by atoms with Gasteiger partial charge in [0.2, 0.25) is 0 Å². The van der Waals surface area contributed by atoms with Crippen molar-refractivity contribution in [1.29, 1.82) is 0 Å². The van der Waals surface area contributed by atoms with Crippen molar-refractivity contribution in [1.82, 2.24) is 0 Å². The smallest absolute Gasteiger partial charge is 0.323 e. The van der Waals surface area contributed by atoms with Crippen LogP contribution in [0.2, 0.25) is 0 Å². The van der Waals surface area contributed by atoms with Gasteiger partial charge in [-0.15, -0.1) is 12.8 Å². The van der Waals surface area contributed by atoms with E-state index in [1.807, 2.05) is 12.1 Å². The number of terminal acetylenes is 2. The highest BCUT2D eigenvalue weighted by atomic mass is 16.5. The predicted molar refractivity (Wildman–Crippen MR) is 98.9 cm³/mol. The molecule has 0 saturated heterocycles. The van der Waals surface area contributed by atoms with Crippen molar-refractivity contribution in [2.75, 3.05) is 14.2 Å². The number of rotatable bonds is 6. The number of esters is 2. The van der Waals surface area contributed by atoms with Gasteiger partial charge in [0.05, 0.1) is 14.2 Å². The van der Waals surface area contributed by atoms with Crippen LogP contribution in [0.25, 0.3) is 0 Å². The van der Waals surface area contributed by atoms with Crippen LogP contribution in [0, 0.1) is 30.1 Å². The Bertz CT molecular complexity index is 801. The van der Waals surface area contributed by atoms with Gasteiger partial charge < -0.3 is 9.47 Å². The number of methoxy groups -OCH3 is 2. The van der Waals surface area contributed by atoms with Crippen molar-refractivity contribution < 1.29 is 19.1 Å². The summed E-state index contributed by atoms with van der Waals surface area (Å²) in [6.45, 7) is 0. The summed E-state index contributed by atoms with van der Waals surface area (Å²) in [5.74, 6) is 3.98. The summed E-state index contributed by atoms with van der Waals surface area (Å²) >= 11 is 0. The van der Waals surface area contributed by atoms with Gasteiger partial charge in [-0.05, 0) is 37.3 Å². The molecule has 0 atom stereocenters. The van der Waals surface area contributed by atoms with Crippen molar-refractivity contribution in [2.24, 2.45) is 5.41 Å². The number of benzene rings is 1. The second kappa shape index (κ2) is 8.41. The van der Waals surface area contributed by atoms with Gasteiger partial charge in [-0.3, -0.25) is 9.59 Å². The van der Waals surface area contributed by atoms with Crippen molar-refractivity contribution >= 4 is 11.9 Å². The molecule has 1 aromatic carbocycles. The van der Waals surface area contributed by atoms with Crippen molar-refractivity contribution in [3.05, 3.63) is 46.5 Å². The van der Waals surface area contributed by atoms with Crippen LogP contribution in [-0.2, 0) is 25.5 Å². The number of carbonyl (C=O) groups is 2. The maximum atomic E-state index is 12.8. The first-order valence-electron chi connectivity index (χ1n) is 8.41. The SMILES string of the molecule is C#CC1=C(CC(Cc2ccccc2C#C)(C(=O)OC)C(=O)OC)CCC1. The third-order valence-corrected chi connectivity index (χ3v) is 4.84. The molecule has 0 amide bonds. The third-order valence-electron chi connectivity index (χ3n) is 4.84. The summed E-state index contributed by atoms with van der Waals surface area (Å²) in [4.78, 5) is 25.5. The zero-order chi connectivity index (χ0) is 19.2. The van der Waals surface area contributed by atoms with E-state index >= 15 is 0 Å². The Hall–Kier alpha value is -2.98. The van der Waals surface area contributed by atoms with Crippen LogP contribution in [0.4, 0.5) is 0 Å². The fourth-order valence-corrected chi connectivity index (χ4v) is 3.51. The Morgan fingerprint density at radius 1 is 1.04 bits per heavy atom. The average Bonchev–Trinajstić information content (AvgIpc) is 3.13. The fourth-order valence-electron chi connectivity index (χ4n) is 3.51. The largest absolute Gasteiger partial charge is 0.468 e. The van der Waals surface area contributed by atoms with E-state index in [-0.39, 0.29) is 12.8 Å². The highest BCUT2D eigenvalue weighted by molar-refractivity contribution is 6.00. The Labute approximate surface area is 154 Å². The van der Waals surface area contributed by atoms with Gasteiger partial charge in [0.25, 0.3) is 0 Å². The Balaban J connectivity index is 2.57. The van der Waals surface area contributed by atoms with Gasteiger partial charge in [-0.2, -0.15) is 0 Å². The molecule has 0 aromatic heterocycles. The highest BCUT2D eigenvalue weighted by Crippen LogP contribution is 2.40. The number of carbonyl (C=O) groups excluding carboxylic acids is 2. The molecule has 0 radical (unpaired) electrons. The zero-order valence-corrected chi connectivity index (χ0v) is 15.1. The lowest BCUT2D eigenvalue weighted by Crippen LogP contribution is -2.43. The molecule has 0 bridgehead atoms. The first-order valence-corrected chi connectivity index (χ1v) is 8.41. The van der Waals surface area contributed by atoms with Crippen LogP contribution in [0.5, 0.6) is 0 Å². The summed E-state index contributed by atoms with van der Waals surface area (Å²) in [5.41, 5.74) is 1.61. The summed E-state index contributed by atoms with van der Waals surface area (Å²) < 4.78 is 10.00. The number of allylic oxidation sites excluding steroid dienone is 2. The molecule has 0 spiro atoms. The first-order chi connectivity index (χ1) is 12.5. The summed E-state index contributed by atoms with van der Waals surface area (Å²) in [7, 11) is 2.52. The molecular weight excluding hydrogens is 328 g/mol. The van der Waals surface area contributed by atoms with Crippen LogP contribution in [-0.4, -0.2) is 26.2 Å². The summed E-state index contributed by atoms with van der Waals surface area (Å²) in [6, 6.07) is 7.21. The van der Waals surface area contributed by atoms with E-state index in [1.165, 1.54) is 14.2 Å². The fraction of sp³-hybridized carbons (Fsp3) is 0.364. The van der Waals surface area contributed by atoms with E-state index in [0.29, 0.717) is 11.1 Å². The van der Waals surface area contributed by atoms with E-state index in [4.69, 9.17) is 22.3 Å². The third kappa shape index (κ3) is 3.65. The summed E-state index contributed by atoms with van der Waals surface area (Å²) in [6.07, 6.45) is 13.9. The maximum Gasteiger partial charge on any atom is 0.323 e. The number of hydrogen-bond acceptors (Lipinski definition) is 4. The lowest BCUT2D eigenvalue weighted by molar-refractivity contribution is -0.169. The molecule has 26 heavy (non-hydrogen) atoms. The molecular formula is C22H22O4. The van der Waals surface area contributed by atoms with E-state index in [9.17, 15) is 9.59 Å². The monoisotopic (exact) mass is 350 g/mol. The minimum Gasteiger partial charge on any atom is -0.468 e. The van der Waals surface area contributed by atoms with Crippen LogP contribution in [0.15, 0.2) is 35.4 Å². The molecule has 1 aliphatic rings. The van der Waals surface area contributed by atoms with Gasteiger partial charge in [0.1, 0.15) is 0 Å². The lowest BCUT2D eigenvalue weighted by atomic mass is 9.74. The quantitative estimate of drug-likeness (QED) is 0.450. The molecule has 2 rings (SSSR count). The van der Waals surface area contributed by atoms with Crippen LogP contribution in [0.3, 0.4) is 0 Å². The molecule has 0 aliphatic heterocycles. The zero-order valence-electron chi connectivity index (χ0n) is 15.1. The van der Waals surface area contributed by atoms with E-state index < -0.39 is 17.4 Å². The molecule has 0 fully saturated rings. The van der Waals surface area contributed by atoms with Gasteiger partial charge in [0.15, 0.2) is 5.41 Å². The summed E-state index contributed by atoms with van der Waals surface area (Å²) in [5, 5.41) is 0. The average molecular weight is 350 g/mol. The van der Waals surface area contributed by atoms with E-state index in [1.54, 1.807) is 12.1 Å². The Morgan fingerprint density at radius 3 is 2.27 bits per heavy atom. The van der Waals surface area contributed by atoms with Crippen LogP contribution in [0.1, 0.15) is 36.8 Å². The molecule has 4 nitrogen and oxygen atoms in total. The minimum atomic E-state index is -1.52. The molecule has 1 aromatic rings. The van der Waals surface area contributed by atoms with Crippen molar-refractivity contribution in [3.63, 3.8) is 0 Å². The molecule has 4 heteroatoms. The topological polar surface area (TPSA) is 52.6 Å². The Kier molecular flexibility index (Phi) is 6.26. The van der Waals surface area contributed by atoms with Crippen LogP contribution >= 0.6 is 0 Å². The molecule has 0 heterocycles. The number of hydrogen-bond donors (Lipinski definition) is 0. The second-order valence-corrected chi connectivity index (χ2v) is 6.30. The van der Waals surface area contributed by atoms with Gasteiger partial charge in [-0.1, -0.05) is 35.6 Å². The maximum absolute atomic E-state index is 12.8. The highest BCUT2D eigenvalue weighted by Gasteiger charge is 2.49. The van der Waals surface area contributed by atoms with E-state index in [0.717, 1.165) is 30.4 Å². The molecule has 0 unspecified atom stereocenters. The van der Waals surface area contributed by atoms with Crippen LogP contribution < -0.4 is 0 Å². The minimum absolute atomic E-state index is 0.0913. The molecule has 0 saturated carbocycles. The predicted octanol–water partition coefficient (Wildman–Crippen LogP) is 3.05. The van der Waals surface area contributed by atoms with Crippen molar-refractivity contribution in [2.45, 2.75) is 32.1 Å². The first kappa shape index (κ1) is 19.3. The number of ether oxygens (including phenoxy) is 2.